The molecule has 1 fully saturated rings. The van der Waals surface area contributed by atoms with Gasteiger partial charge in [0, 0.05) is 6.54 Å². The Kier molecular flexibility index (Phi) is 4.28. The molecule has 0 aromatic carbocycles. The fraction of sp³-hybridized carbons (Fsp3) is 0.769. The van der Waals surface area contributed by atoms with Crippen LogP contribution in [-0.2, 0) is 4.43 Å². The zero-order valence-electron chi connectivity index (χ0n) is 12.1. The molecule has 1 aliphatic heterocycles. The smallest absolute Gasteiger partial charge is 0.407 e. The standard InChI is InChI=1S/C13H25NO3Si/c1-10-7-11(14(8-10)12(15)16)9-17-18(5,6)13(2,3)4/h11H,1,7-9H2,2-6H3,(H,15,16). The predicted molar refractivity (Wildman–Crippen MR) is 75.4 cm³/mol. The van der Waals surface area contributed by atoms with Crippen molar-refractivity contribution in [3.8, 4) is 0 Å². The van der Waals surface area contributed by atoms with E-state index in [2.05, 4.69) is 40.4 Å². The molecular weight excluding hydrogens is 246 g/mol. The van der Waals surface area contributed by atoms with Crippen LogP contribution >= 0.6 is 0 Å². The van der Waals surface area contributed by atoms with Gasteiger partial charge in [-0.1, -0.05) is 32.9 Å². The van der Waals surface area contributed by atoms with Crippen molar-refractivity contribution in [3.63, 3.8) is 0 Å². The summed E-state index contributed by atoms with van der Waals surface area (Å²) in [4.78, 5) is 12.6. The third-order valence-electron chi connectivity index (χ3n) is 4.05. The van der Waals surface area contributed by atoms with E-state index in [9.17, 15) is 4.79 Å². The second kappa shape index (κ2) is 5.05. The van der Waals surface area contributed by atoms with Gasteiger partial charge in [-0.25, -0.2) is 4.79 Å². The van der Waals surface area contributed by atoms with E-state index in [-0.39, 0.29) is 11.1 Å². The van der Waals surface area contributed by atoms with E-state index in [4.69, 9.17) is 9.53 Å². The Labute approximate surface area is 111 Å². The van der Waals surface area contributed by atoms with Gasteiger partial charge in [-0.15, -0.1) is 0 Å². The highest BCUT2D eigenvalue weighted by Gasteiger charge is 2.39. The van der Waals surface area contributed by atoms with Gasteiger partial charge in [0.2, 0.25) is 0 Å². The molecule has 4 nitrogen and oxygen atoms in total. The van der Waals surface area contributed by atoms with Gasteiger partial charge >= 0.3 is 6.09 Å². The van der Waals surface area contributed by atoms with Gasteiger partial charge in [0.05, 0.1) is 12.6 Å². The van der Waals surface area contributed by atoms with Gasteiger partial charge in [-0.05, 0) is 24.6 Å². The zero-order chi connectivity index (χ0) is 14.1. The number of carboxylic acid groups (broad SMARTS) is 1. The molecule has 0 bridgehead atoms. The van der Waals surface area contributed by atoms with Gasteiger partial charge in [0.1, 0.15) is 0 Å². The summed E-state index contributed by atoms with van der Waals surface area (Å²) in [6, 6.07) is -0.0656. The van der Waals surface area contributed by atoms with Crippen LogP contribution < -0.4 is 0 Å². The highest BCUT2D eigenvalue weighted by Crippen LogP contribution is 2.37. The molecule has 0 radical (unpaired) electrons. The summed E-state index contributed by atoms with van der Waals surface area (Å²) in [6.07, 6.45) is -0.154. The quantitative estimate of drug-likeness (QED) is 0.633. The van der Waals surface area contributed by atoms with Crippen molar-refractivity contribution >= 4 is 14.4 Å². The normalized spacial score (nSPS) is 21.5. The summed E-state index contributed by atoms with van der Waals surface area (Å²) >= 11 is 0. The molecule has 18 heavy (non-hydrogen) atoms. The lowest BCUT2D eigenvalue weighted by molar-refractivity contribution is 0.120. The third kappa shape index (κ3) is 3.35. The van der Waals surface area contributed by atoms with Gasteiger partial charge < -0.3 is 9.53 Å². The average Bonchev–Trinajstić information content (AvgIpc) is 2.55. The Bertz CT molecular complexity index is 347. The first-order valence-corrected chi connectivity index (χ1v) is 9.25. The molecule has 5 heteroatoms. The SMILES string of the molecule is C=C1CC(CO[Si](C)(C)C(C)(C)C)N(C(=O)O)C1. The van der Waals surface area contributed by atoms with Gasteiger partial charge in [0.15, 0.2) is 8.32 Å². The number of amides is 1. The summed E-state index contributed by atoms with van der Waals surface area (Å²) < 4.78 is 6.10. The van der Waals surface area contributed by atoms with Crippen LogP contribution in [0.5, 0.6) is 0 Å². The molecule has 1 saturated heterocycles. The molecule has 1 heterocycles. The average molecular weight is 271 g/mol. The lowest BCUT2D eigenvalue weighted by Crippen LogP contribution is -2.45. The van der Waals surface area contributed by atoms with E-state index in [1.54, 1.807) is 0 Å². The van der Waals surface area contributed by atoms with E-state index >= 15 is 0 Å². The first kappa shape index (κ1) is 15.2. The molecule has 0 aliphatic carbocycles. The zero-order valence-corrected chi connectivity index (χ0v) is 13.1. The number of hydrogen-bond donors (Lipinski definition) is 1. The number of nitrogens with zero attached hydrogens (tertiary/aromatic N) is 1. The maximum atomic E-state index is 11.1. The Morgan fingerprint density at radius 1 is 1.56 bits per heavy atom. The molecule has 0 aromatic rings. The van der Waals surface area contributed by atoms with Crippen LogP contribution in [0.25, 0.3) is 0 Å². The van der Waals surface area contributed by atoms with Crippen LogP contribution in [0, 0.1) is 0 Å². The van der Waals surface area contributed by atoms with Crippen LogP contribution in [-0.4, -0.2) is 43.6 Å². The van der Waals surface area contributed by atoms with Gasteiger partial charge in [-0.2, -0.15) is 0 Å². The summed E-state index contributed by atoms with van der Waals surface area (Å²) in [6.45, 7) is 15.7. The van der Waals surface area contributed by atoms with Crippen LogP contribution in [0.15, 0.2) is 12.2 Å². The van der Waals surface area contributed by atoms with Crippen molar-refractivity contribution in [2.75, 3.05) is 13.2 Å². The van der Waals surface area contributed by atoms with E-state index in [0.29, 0.717) is 13.2 Å². The number of rotatable bonds is 3. The van der Waals surface area contributed by atoms with Crippen molar-refractivity contribution in [2.45, 2.75) is 51.4 Å². The Hall–Kier alpha value is -0.813. The highest BCUT2D eigenvalue weighted by atomic mass is 28.4. The summed E-state index contributed by atoms with van der Waals surface area (Å²) in [5.74, 6) is 0. The molecule has 1 rings (SSSR count). The predicted octanol–water partition coefficient (Wildman–Crippen LogP) is 3.32. The highest BCUT2D eigenvalue weighted by molar-refractivity contribution is 6.74. The number of hydrogen-bond acceptors (Lipinski definition) is 2. The van der Waals surface area contributed by atoms with Crippen LogP contribution in [0.4, 0.5) is 4.79 Å². The summed E-state index contributed by atoms with van der Waals surface area (Å²) in [5.41, 5.74) is 0.973. The number of carbonyl (C=O) groups is 1. The Morgan fingerprint density at radius 2 is 2.11 bits per heavy atom. The molecule has 0 aromatic heterocycles. The molecule has 1 unspecified atom stereocenters. The second-order valence-electron chi connectivity index (χ2n) is 6.59. The summed E-state index contributed by atoms with van der Waals surface area (Å²) in [7, 11) is -1.81. The minimum absolute atomic E-state index is 0.0656. The second-order valence-corrected chi connectivity index (χ2v) is 11.4. The van der Waals surface area contributed by atoms with E-state index in [1.807, 2.05) is 0 Å². The lowest BCUT2D eigenvalue weighted by atomic mass is 10.2. The van der Waals surface area contributed by atoms with Crippen molar-refractivity contribution in [2.24, 2.45) is 0 Å². The molecule has 1 aliphatic rings. The molecule has 1 atom stereocenters. The molecule has 0 saturated carbocycles. The van der Waals surface area contributed by atoms with E-state index in [0.717, 1.165) is 12.0 Å². The van der Waals surface area contributed by atoms with Gasteiger partial charge in [0.25, 0.3) is 0 Å². The minimum Gasteiger partial charge on any atom is -0.465 e. The van der Waals surface area contributed by atoms with E-state index in [1.165, 1.54) is 4.90 Å². The fourth-order valence-corrected chi connectivity index (χ4v) is 2.81. The molecule has 0 spiro atoms. The van der Waals surface area contributed by atoms with Crippen molar-refractivity contribution in [3.05, 3.63) is 12.2 Å². The Morgan fingerprint density at radius 3 is 2.56 bits per heavy atom. The van der Waals surface area contributed by atoms with Crippen LogP contribution in [0.3, 0.4) is 0 Å². The van der Waals surface area contributed by atoms with E-state index < -0.39 is 14.4 Å². The topological polar surface area (TPSA) is 49.8 Å². The molecule has 1 N–H and O–H groups in total. The van der Waals surface area contributed by atoms with Crippen LogP contribution in [0.2, 0.25) is 18.1 Å². The Balaban J connectivity index is 2.63. The third-order valence-corrected chi connectivity index (χ3v) is 8.55. The first-order valence-electron chi connectivity index (χ1n) is 6.35. The maximum absolute atomic E-state index is 11.1. The molecule has 104 valence electrons. The van der Waals surface area contributed by atoms with Crippen molar-refractivity contribution < 1.29 is 14.3 Å². The number of likely N-dealkylation sites (tertiary alicyclic amines) is 1. The van der Waals surface area contributed by atoms with Gasteiger partial charge in [-0.3, -0.25) is 4.90 Å². The van der Waals surface area contributed by atoms with Crippen LogP contribution in [0.1, 0.15) is 27.2 Å². The molecular formula is C13H25NO3Si. The minimum atomic E-state index is -1.81. The molecule has 1 amide bonds. The summed E-state index contributed by atoms with van der Waals surface area (Å²) in [5, 5.41) is 9.28. The lowest BCUT2D eigenvalue weighted by Gasteiger charge is -2.37. The van der Waals surface area contributed by atoms with Crippen molar-refractivity contribution in [1.29, 1.82) is 0 Å². The largest absolute Gasteiger partial charge is 0.465 e. The first-order chi connectivity index (χ1) is 8.04. The fourth-order valence-electron chi connectivity index (χ4n) is 1.77. The van der Waals surface area contributed by atoms with Crippen molar-refractivity contribution in [1.82, 2.24) is 4.90 Å². The maximum Gasteiger partial charge on any atom is 0.407 e. The monoisotopic (exact) mass is 271 g/mol.